The van der Waals surface area contributed by atoms with Gasteiger partial charge in [0.15, 0.2) is 0 Å². The molecule has 0 bridgehead atoms. The van der Waals surface area contributed by atoms with E-state index in [0.717, 1.165) is 24.8 Å². The number of benzene rings is 1. The molecule has 0 heterocycles. The highest BCUT2D eigenvalue weighted by molar-refractivity contribution is 6.31. The average molecular weight is 348 g/mol. The molecular weight excluding hydrogens is 318 g/mol. The number of amides is 1. The van der Waals surface area contributed by atoms with Crippen molar-refractivity contribution in [3.8, 4) is 0 Å². The molecule has 3 heteroatoms. The zero-order valence-electron chi connectivity index (χ0n) is 15.5. The molecule has 0 fully saturated rings. The molecule has 132 valence electrons. The summed E-state index contributed by atoms with van der Waals surface area (Å²) in [5.41, 5.74) is 3.36. The Kier molecular flexibility index (Phi) is 8.84. The standard InChI is InChI=1S/C21H30ClNO/c1-6-8-9-20(18-12-10-15(3)11-13-18)23-21(24)17(5)16(4)14-19(22)7-2/h7,10-14,17,20H,6,8-9H2,1-5H3,(H,23,24). The molecule has 1 aromatic rings. The molecule has 0 radical (unpaired) electrons. The van der Waals surface area contributed by atoms with Gasteiger partial charge in [-0.25, -0.2) is 0 Å². The summed E-state index contributed by atoms with van der Waals surface area (Å²) in [5.74, 6) is -0.153. The Morgan fingerprint density at radius 2 is 1.92 bits per heavy atom. The number of carbonyl (C=O) groups excluding carboxylic acids is 1. The van der Waals surface area contributed by atoms with Crippen molar-refractivity contribution < 1.29 is 4.79 Å². The molecule has 0 aromatic heterocycles. The average Bonchev–Trinajstić information content (AvgIpc) is 2.58. The summed E-state index contributed by atoms with van der Waals surface area (Å²) in [6.07, 6.45) is 6.84. The van der Waals surface area contributed by atoms with Crippen LogP contribution in [0.5, 0.6) is 0 Å². The van der Waals surface area contributed by atoms with Crippen LogP contribution in [-0.2, 0) is 4.79 Å². The van der Waals surface area contributed by atoms with E-state index < -0.39 is 0 Å². The second kappa shape index (κ2) is 10.4. The van der Waals surface area contributed by atoms with E-state index in [1.54, 1.807) is 0 Å². The number of carbonyl (C=O) groups is 1. The Morgan fingerprint density at radius 1 is 1.29 bits per heavy atom. The zero-order valence-corrected chi connectivity index (χ0v) is 16.3. The number of aryl methyl sites for hydroxylation is 1. The van der Waals surface area contributed by atoms with Crippen molar-refractivity contribution in [2.45, 2.75) is 59.9 Å². The highest BCUT2D eigenvalue weighted by Gasteiger charge is 2.20. The molecule has 1 rings (SSSR count). The van der Waals surface area contributed by atoms with E-state index in [0.29, 0.717) is 5.03 Å². The lowest BCUT2D eigenvalue weighted by molar-refractivity contribution is -0.124. The summed E-state index contributed by atoms with van der Waals surface area (Å²) < 4.78 is 0. The Balaban J connectivity index is 2.87. The van der Waals surface area contributed by atoms with Crippen LogP contribution >= 0.6 is 11.6 Å². The number of nitrogens with one attached hydrogen (secondary N) is 1. The van der Waals surface area contributed by atoms with Gasteiger partial charge in [-0.2, -0.15) is 0 Å². The van der Waals surface area contributed by atoms with E-state index in [9.17, 15) is 4.79 Å². The third kappa shape index (κ3) is 6.52. The smallest absolute Gasteiger partial charge is 0.227 e. The number of halogens is 1. The van der Waals surface area contributed by atoms with Gasteiger partial charge in [0.25, 0.3) is 0 Å². The number of rotatable bonds is 8. The Hall–Kier alpha value is -1.54. The second-order valence-corrected chi connectivity index (χ2v) is 6.83. The van der Waals surface area contributed by atoms with Crippen LogP contribution in [0.1, 0.15) is 64.1 Å². The van der Waals surface area contributed by atoms with Crippen LogP contribution in [0, 0.1) is 12.8 Å². The quantitative estimate of drug-likeness (QED) is 0.568. The van der Waals surface area contributed by atoms with Crippen molar-refractivity contribution in [3.05, 3.63) is 58.1 Å². The predicted molar refractivity (Wildman–Crippen MR) is 104 cm³/mol. The van der Waals surface area contributed by atoms with Crippen LogP contribution in [0.4, 0.5) is 0 Å². The molecule has 2 unspecified atom stereocenters. The fourth-order valence-electron chi connectivity index (χ4n) is 2.46. The molecule has 1 aromatic carbocycles. The van der Waals surface area contributed by atoms with Crippen molar-refractivity contribution in [3.63, 3.8) is 0 Å². The van der Waals surface area contributed by atoms with Gasteiger partial charge < -0.3 is 5.32 Å². The molecule has 1 amide bonds. The van der Waals surface area contributed by atoms with E-state index in [1.165, 1.54) is 11.1 Å². The molecule has 0 aliphatic carbocycles. The second-order valence-electron chi connectivity index (χ2n) is 6.40. The minimum atomic E-state index is -0.201. The highest BCUT2D eigenvalue weighted by Crippen LogP contribution is 2.22. The van der Waals surface area contributed by atoms with Crippen LogP contribution < -0.4 is 5.32 Å². The first-order valence-electron chi connectivity index (χ1n) is 8.76. The normalized spacial score (nSPS) is 15.1. The fourth-order valence-corrected chi connectivity index (χ4v) is 2.63. The lowest BCUT2D eigenvalue weighted by atomic mass is 9.97. The molecule has 24 heavy (non-hydrogen) atoms. The topological polar surface area (TPSA) is 29.1 Å². The van der Waals surface area contributed by atoms with Gasteiger partial charge in [-0.3, -0.25) is 4.79 Å². The molecule has 2 nitrogen and oxygen atoms in total. The van der Waals surface area contributed by atoms with Gasteiger partial charge in [-0.1, -0.05) is 72.8 Å². The first-order chi connectivity index (χ1) is 11.4. The summed E-state index contributed by atoms with van der Waals surface area (Å²) >= 11 is 6.05. The SMILES string of the molecule is CC=C(Cl)C=C(C)C(C)C(=O)NC(CCCC)c1ccc(C)cc1. The maximum Gasteiger partial charge on any atom is 0.227 e. The first-order valence-corrected chi connectivity index (χ1v) is 9.13. The van der Waals surface area contributed by atoms with Crippen LogP contribution in [-0.4, -0.2) is 5.91 Å². The first kappa shape index (κ1) is 20.5. The largest absolute Gasteiger partial charge is 0.349 e. The summed E-state index contributed by atoms with van der Waals surface area (Å²) in [5, 5.41) is 3.88. The van der Waals surface area contributed by atoms with E-state index in [2.05, 4.69) is 43.4 Å². The molecule has 0 aliphatic heterocycles. The summed E-state index contributed by atoms with van der Waals surface area (Å²) in [4.78, 5) is 12.7. The Labute approximate surface area is 152 Å². The highest BCUT2D eigenvalue weighted by atomic mass is 35.5. The number of unbranched alkanes of at least 4 members (excludes halogenated alkanes) is 1. The van der Waals surface area contributed by atoms with Crippen molar-refractivity contribution in [2.24, 2.45) is 5.92 Å². The van der Waals surface area contributed by atoms with Crippen molar-refractivity contribution in [2.75, 3.05) is 0 Å². The lowest BCUT2D eigenvalue weighted by Gasteiger charge is -2.22. The van der Waals surface area contributed by atoms with E-state index >= 15 is 0 Å². The van der Waals surface area contributed by atoms with Crippen LogP contribution in [0.3, 0.4) is 0 Å². The van der Waals surface area contributed by atoms with Gasteiger partial charge in [-0.05, 0) is 45.8 Å². The summed E-state index contributed by atoms with van der Waals surface area (Å²) in [7, 11) is 0. The van der Waals surface area contributed by atoms with Gasteiger partial charge in [-0.15, -0.1) is 0 Å². The molecule has 0 aliphatic rings. The molecule has 0 saturated carbocycles. The molecule has 0 saturated heterocycles. The maximum absolute atomic E-state index is 12.7. The van der Waals surface area contributed by atoms with Crippen molar-refractivity contribution >= 4 is 17.5 Å². The minimum absolute atomic E-state index is 0.0472. The maximum atomic E-state index is 12.7. The molecular formula is C21H30ClNO. The third-order valence-electron chi connectivity index (χ3n) is 4.36. The van der Waals surface area contributed by atoms with Gasteiger partial charge in [0.05, 0.1) is 12.0 Å². The predicted octanol–water partition coefficient (Wildman–Crippen LogP) is 6.07. The van der Waals surface area contributed by atoms with Gasteiger partial charge >= 0.3 is 0 Å². The third-order valence-corrected chi connectivity index (χ3v) is 4.69. The summed E-state index contributed by atoms with van der Waals surface area (Å²) in [6, 6.07) is 8.48. The van der Waals surface area contributed by atoms with Crippen LogP contribution in [0.2, 0.25) is 0 Å². The number of allylic oxidation sites excluding steroid dienone is 3. The van der Waals surface area contributed by atoms with Gasteiger partial charge in [0, 0.05) is 5.03 Å². The van der Waals surface area contributed by atoms with Gasteiger partial charge in [0.2, 0.25) is 5.91 Å². The van der Waals surface area contributed by atoms with Crippen LogP contribution in [0.25, 0.3) is 0 Å². The molecule has 0 spiro atoms. The monoisotopic (exact) mass is 347 g/mol. The van der Waals surface area contributed by atoms with Crippen molar-refractivity contribution in [1.82, 2.24) is 5.32 Å². The molecule has 2 atom stereocenters. The zero-order chi connectivity index (χ0) is 18.1. The number of hydrogen-bond donors (Lipinski definition) is 1. The lowest BCUT2D eigenvalue weighted by Crippen LogP contribution is -2.33. The summed E-state index contributed by atoms with van der Waals surface area (Å²) in [6.45, 7) is 10.00. The van der Waals surface area contributed by atoms with Gasteiger partial charge in [0.1, 0.15) is 0 Å². The molecule has 1 N–H and O–H groups in total. The van der Waals surface area contributed by atoms with Crippen molar-refractivity contribution in [1.29, 1.82) is 0 Å². The fraction of sp³-hybridized carbons (Fsp3) is 0.476. The van der Waals surface area contributed by atoms with E-state index in [-0.39, 0.29) is 17.9 Å². The van der Waals surface area contributed by atoms with Crippen LogP contribution in [0.15, 0.2) is 47.0 Å². The number of hydrogen-bond acceptors (Lipinski definition) is 1. The Morgan fingerprint density at radius 3 is 2.46 bits per heavy atom. The Bertz CT molecular complexity index is 586. The minimum Gasteiger partial charge on any atom is -0.349 e. The van der Waals surface area contributed by atoms with E-state index in [1.807, 2.05) is 32.9 Å². The van der Waals surface area contributed by atoms with E-state index in [4.69, 9.17) is 11.6 Å².